The average molecular weight is 472 g/mol. The maximum Gasteiger partial charge on any atom is 0.253 e. The van der Waals surface area contributed by atoms with Crippen LogP contribution in [0.5, 0.6) is 0 Å². The Kier molecular flexibility index (Phi) is 7.93. The van der Waals surface area contributed by atoms with E-state index in [0.717, 1.165) is 42.7 Å². The summed E-state index contributed by atoms with van der Waals surface area (Å²) in [5.41, 5.74) is 3.65. The summed E-state index contributed by atoms with van der Waals surface area (Å²) in [5, 5.41) is 5.79. The first-order valence-electron chi connectivity index (χ1n) is 11.9. The van der Waals surface area contributed by atoms with Gasteiger partial charge in [0.05, 0.1) is 5.56 Å². The molecule has 2 amide bonds. The number of rotatable bonds is 7. The zero-order valence-corrected chi connectivity index (χ0v) is 19.8. The van der Waals surface area contributed by atoms with Crippen molar-refractivity contribution in [1.29, 1.82) is 0 Å². The van der Waals surface area contributed by atoms with Gasteiger partial charge in [0, 0.05) is 37.1 Å². The summed E-state index contributed by atoms with van der Waals surface area (Å²) in [6.07, 6.45) is 5.36. The Morgan fingerprint density at radius 3 is 2.43 bits per heavy atom. The van der Waals surface area contributed by atoms with Crippen LogP contribution in [0, 0.1) is 11.7 Å². The van der Waals surface area contributed by atoms with Gasteiger partial charge in [0.2, 0.25) is 5.91 Å². The lowest BCUT2D eigenvalue weighted by Crippen LogP contribution is -2.35. The monoisotopic (exact) mass is 471 g/mol. The molecule has 0 aromatic heterocycles. The first-order valence-corrected chi connectivity index (χ1v) is 11.9. The molecule has 2 N–H and O–H groups in total. The van der Waals surface area contributed by atoms with E-state index in [0.29, 0.717) is 17.2 Å². The van der Waals surface area contributed by atoms with Gasteiger partial charge in [-0.25, -0.2) is 4.39 Å². The molecule has 35 heavy (non-hydrogen) atoms. The van der Waals surface area contributed by atoms with Gasteiger partial charge in [0.25, 0.3) is 5.91 Å². The number of hydrogen-bond donors (Lipinski definition) is 2. The second-order valence-electron chi connectivity index (χ2n) is 8.94. The molecular formula is C29H30FN3O2. The van der Waals surface area contributed by atoms with Crippen molar-refractivity contribution in [2.24, 2.45) is 5.92 Å². The van der Waals surface area contributed by atoms with Crippen LogP contribution in [-0.2, 0) is 11.3 Å². The number of piperidine rings is 1. The third kappa shape index (κ3) is 6.79. The van der Waals surface area contributed by atoms with Crippen LogP contribution in [0.1, 0.15) is 41.3 Å². The summed E-state index contributed by atoms with van der Waals surface area (Å²) < 4.78 is 13.2. The predicted octanol–water partition coefficient (Wildman–Crippen LogP) is 5.64. The minimum absolute atomic E-state index is 0.237. The van der Waals surface area contributed by atoms with Crippen LogP contribution in [0.2, 0.25) is 0 Å². The van der Waals surface area contributed by atoms with Crippen LogP contribution < -0.4 is 15.5 Å². The lowest BCUT2D eigenvalue weighted by atomic mass is 9.97. The highest BCUT2D eigenvalue weighted by Crippen LogP contribution is 2.29. The van der Waals surface area contributed by atoms with E-state index in [1.54, 1.807) is 24.3 Å². The minimum Gasteiger partial charge on any atom is -0.371 e. The summed E-state index contributed by atoms with van der Waals surface area (Å²) in [6, 6.07) is 21.1. The molecule has 3 aromatic carbocycles. The summed E-state index contributed by atoms with van der Waals surface area (Å²) in [4.78, 5) is 27.9. The van der Waals surface area contributed by atoms with E-state index in [4.69, 9.17) is 0 Å². The maximum absolute atomic E-state index is 13.2. The molecule has 1 fully saturated rings. The Morgan fingerprint density at radius 2 is 1.71 bits per heavy atom. The van der Waals surface area contributed by atoms with Gasteiger partial charge in [-0.1, -0.05) is 49.4 Å². The highest BCUT2D eigenvalue weighted by atomic mass is 19.1. The maximum atomic E-state index is 13.2. The SMILES string of the molecule is CC1CCN(c2ccc(NC(=O)/C=C/c3ccccc3)cc2C(=O)NCc2ccc(F)cc2)CC1. The molecule has 0 aliphatic carbocycles. The molecule has 4 rings (SSSR count). The van der Waals surface area contributed by atoms with Crippen molar-refractivity contribution in [3.63, 3.8) is 0 Å². The van der Waals surface area contributed by atoms with Gasteiger partial charge in [-0.2, -0.15) is 0 Å². The van der Waals surface area contributed by atoms with E-state index in [1.165, 1.54) is 18.2 Å². The number of nitrogens with zero attached hydrogens (tertiary/aromatic N) is 1. The van der Waals surface area contributed by atoms with E-state index in [2.05, 4.69) is 22.5 Å². The first kappa shape index (κ1) is 24.2. The van der Waals surface area contributed by atoms with Gasteiger partial charge in [-0.05, 0) is 66.3 Å². The van der Waals surface area contributed by atoms with E-state index in [-0.39, 0.29) is 24.2 Å². The van der Waals surface area contributed by atoms with Crippen LogP contribution in [0.15, 0.2) is 78.9 Å². The molecular weight excluding hydrogens is 441 g/mol. The number of carbonyl (C=O) groups is 2. The van der Waals surface area contributed by atoms with Crippen LogP contribution in [0.25, 0.3) is 6.08 Å². The number of carbonyl (C=O) groups excluding carboxylic acids is 2. The number of amides is 2. The molecule has 1 heterocycles. The molecule has 0 bridgehead atoms. The van der Waals surface area contributed by atoms with E-state index < -0.39 is 0 Å². The fraction of sp³-hybridized carbons (Fsp3) is 0.241. The second-order valence-corrected chi connectivity index (χ2v) is 8.94. The van der Waals surface area contributed by atoms with Crippen LogP contribution >= 0.6 is 0 Å². The largest absolute Gasteiger partial charge is 0.371 e. The Morgan fingerprint density at radius 1 is 1.00 bits per heavy atom. The third-order valence-corrected chi connectivity index (χ3v) is 6.23. The fourth-order valence-electron chi connectivity index (χ4n) is 4.12. The lowest BCUT2D eigenvalue weighted by molar-refractivity contribution is -0.111. The number of anilines is 2. The highest BCUT2D eigenvalue weighted by molar-refractivity contribution is 6.05. The number of hydrogen-bond acceptors (Lipinski definition) is 3. The molecule has 0 radical (unpaired) electrons. The van der Waals surface area contributed by atoms with Gasteiger partial charge in [0.1, 0.15) is 5.82 Å². The molecule has 1 aliphatic rings. The van der Waals surface area contributed by atoms with Crippen molar-refractivity contribution in [1.82, 2.24) is 5.32 Å². The first-order chi connectivity index (χ1) is 17.0. The van der Waals surface area contributed by atoms with Crippen LogP contribution in [-0.4, -0.2) is 24.9 Å². The summed E-state index contributed by atoms with van der Waals surface area (Å²) >= 11 is 0. The standard InChI is InChI=1S/C29H30FN3O2/c1-21-15-17-33(18-16-21)27-13-12-25(32-28(34)14-9-22-5-3-2-4-6-22)19-26(27)29(35)31-20-23-7-10-24(30)11-8-23/h2-14,19,21H,15-18,20H2,1H3,(H,31,35)(H,32,34)/b14-9+. The topological polar surface area (TPSA) is 61.4 Å². The smallest absolute Gasteiger partial charge is 0.253 e. The van der Waals surface area contributed by atoms with Gasteiger partial charge in [-0.3, -0.25) is 9.59 Å². The molecule has 3 aromatic rings. The van der Waals surface area contributed by atoms with Gasteiger partial charge in [0.15, 0.2) is 0 Å². The summed E-state index contributed by atoms with van der Waals surface area (Å²) in [5.74, 6) is -0.159. The lowest BCUT2D eigenvalue weighted by Gasteiger charge is -2.33. The minimum atomic E-state index is -0.313. The summed E-state index contributed by atoms with van der Waals surface area (Å²) in [7, 11) is 0. The summed E-state index contributed by atoms with van der Waals surface area (Å²) in [6.45, 7) is 4.29. The Hall–Kier alpha value is -3.93. The van der Waals surface area contributed by atoms with Crippen molar-refractivity contribution in [3.05, 3.63) is 101 Å². The van der Waals surface area contributed by atoms with Crippen molar-refractivity contribution in [3.8, 4) is 0 Å². The normalized spacial score (nSPS) is 14.2. The molecule has 1 saturated heterocycles. The quantitative estimate of drug-likeness (QED) is 0.438. The Labute approximate surface area is 205 Å². The van der Waals surface area contributed by atoms with Crippen LogP contribution in [0.3, 0.4) is 0 Å². The van der Waals surface area contributed by atoms with E-state index in [1.807, 2.05) is 42.5 Å². The van der Waals surface area contributed by atoms with Gasteiger partial charge < -0.3 is 15.5 Å². The van der Waals surface area contributed by atoms with E-state index in [9.17, 15) is 14.0 Å². The fourth-order valence-corrected chi connectivity index (χ4v) is 4.12. The molecule has 5 nitrogen and oxygen atoms in total. The Bertz CT molecular complexity index is 1180. The van der Waals surface area contributed by atoms with Gasteiger partial charge >= 0.3 is 0 Å². The zero-order valence-electron chi connectivity index (χ0n) is 19.8. The number of nitrogens with one attached hydrogen (secondary N) is 2. The predicted molar refractivity (Wildman–Crippen MR) is 139 cm³/mol. The second kappa shape index (κ2) is 11.5. The molecule has 1 aliphatic heterocycles. The molecule has 0 saturated carbocycles. The van der Waals surface area contributed by atoms with E-state index >= 15 is 0 Å². The average Bonchev–Trinajstić information content (AvgIpc) is 2.88. The van der Waals surface area contributed by atoms with Crippen molar-refractivity contribution in [2.45, 2.75) is 26.3 Å². The Balaban J connectivity index is 1.51. The van der Waals surface area contributed by atoms with Crippen molar-refractivity contribution in [2.75, 3.05) is 23.3 Å². The van der Waals surface area contributed by atoms with Crippen molar-refractivity contribution >= 4 is 29.3 Å². The molecule has 0 atom stereocenters. The molecule has 6 heteroatoms. The molecule has 0 unspecified atom stereocenters. The highest BCUT2D eigenvalue weighted by Gasteiger charge is 2.22. The molecule has 180 valence electrons. The zero-order chi connectivity index (χ0) is 24.6. The third-order valence-electron chi connectivity index (χ3n) is 6.23. The number of benzene rings is 3. The number of halogens is 1. The van der Waals surface area contributed by atoms with Crippen LogP contribution in [0.4, 0.5) is 15.8 Å². The van der Waals surface area contributed by atoms with Crippen molar-refractivity contribution < 1.29 is 14.0 Å². The van der Waals surface area contributed by atoms with Gasteiger partial charge in [-0.15, -0.1) is 0 Å². The molecule has 0 spiro atoms.